The molecule has 1 aromatic rings. The monoisotopic (exact) mass is 277 g/mol. The molecule has 0 radical (unpaired) electrons. The van der Waals surface area contributed by atoms with Crippen molar-refractivity contribution in [2.24, 2.45) is 5.92 Å². The van der Waals surface area contributed by atoms with Crippen LogP contribution >= 0.6 is 0 Å². The Bertz CT molecular complexity index is 454. The maximum Gasteiger partial charge on any atom is 0.354 e. The Kier molecular flexibility index (Phi) is 5.09. The largest absolute Gasteiger partial charge is 0.477 e. The van der Waals surface area contributed by atoms with Gasteiger partial charge in [-0.25, -0.2) is 9.78 Å². The number of carbonyl (C=O) groups is 1. The Balaban J connectivity index is 1.86. The molecule has 110 valence electrons. The molecular weight excluding hydrogens is 254 g/mol. The molecule has 20 heavy (non-hydrogen) atoms. The second-order valence-corrected chi connectivity index (χ2v) is 5.80. The average Bonchev–Trinajstić information content (AvgIpc) is 2.41. The SMILES string of the molecule is CN(C)CC1CCN(Cc2cccc(C(=O)O)n2)CC1. The van der Waals surface area contributed by atoms with Gasteiger partial charge in [-0.1, -0.05) is 6.07 Å². The summed E-state index contributed by atoms with van der Waals surface area (Å²) in [7, 11) is 4.24. The molecular formula is C15H23N3O2. The van der Waals surface area contributed by atoms with E-state index in [2.05, 4.69) is 28.9 Å². The van der Waals surface area contributed by atoms with Gasteiger partial charge in [0.05, 0.1) is 5.69 Å². The minimum atomic E-state index is -0.962. The highest BCUT2D eigenvalue weighted by Crippen LogP contribution is 2.19. The summed E-state index contributed by atoms with van der Waals surface area (Å²) in [4.78, 5) is 19.7. The maximum absolute atomic E-state index is 10.9. The quantitative estimate of drug-likeness (QED) is 0.885. The van der Waals surface area contributed by atoms with Crippen molar-refractivity contribution >= 4 is 5.97 Å². The van der Waals surface area contributed by atoms with Gasteiger partial charge in [0.2, 0.25) is 0 Å². The molecule has 0 amide bonds. The van der Waals surface area contributed by atoms with Crippen LogP contribution in [-0.2, 0) is 6.54 Å². The summed E-state index contributed by atoms with van der Waals surface area (Å²) in [6.45, 7) is 4.03. The van der Waals surface area contributed by atoms with Crippen LogP contribution in [0.4, 0.5) is 0 Å². The van der Waals surface area contributed by atoms with Crippen molar-refractivity contribution in [3.8, 4) is 0 Å². The number of carboxylic acids is 1. The van der Waals surface area contributed by atoms with Gasteiger partial charge in [-0.2, -0.15) is 0 Å². The van der Waals surface area contributed by atoms with Gasteiger partial charge in [0.15, 0.2) is 0 Å². The van der Waals surface area contributed by atoms with Crippen LogP contribution in [0.1, 0.15) is 29.0 Å². The number of carboxylic acid groups (broad SMARTS) is 1. The van der Waals surface area contributed by atoms with Crippen LogP contribution in [0.25, 0.3) is 0 Å². The number of pyridine rings is 1. The van der Waals surface area contributed by atoms with Gasteiger partial charge in [0.1, 0.15) is 5.69 Å². The Hall–Kier alpha value is -1.46. The number of hydrogen-bond donors (Lipinski definition) is 1. The highest BCUT2D eigenvalue weighted by molar-refractivity contribution is 5.85. The number of piperidine rings is 1. The Morgan fingerprint density at radius 3 is 2.70 bits per heavy atom. The van der Waals surface area contributed by atoms with Crippen molar-refractivity contribution < 1.29 is 9.90 Å². The Morgan fingerprint density at radius 1 is 1.40 bits per heavy atom. The number of rotatable bonds is 5. The molecule has 5 heteroatoms. The molecule has 5 nitrogen and oxygen atoms in total. The first-order chi connectivity index (χ1) is 9.54. The van der Waals surface area contributed by atoms with E-state index in [1.807, 2.05) is 6.07 Å². The van der Waals surface area contributed by atoms with E-state index < -0.39 is 5.97 Å². The number of hydrogen-bond acceptors (Lipinski definition) is 4. The van der Waals surface area contributed by atoms with Gasteiger partial charge in [-0.15, -0.1) is 0 Å². The van der Waals surface area contributed by atoms with Crippen LogP contribution in [0.3, 0.4) is 0 Å². The lowest BCUT2D eigenvalue weighted by atomic mass is 9.96. The van der Waals surface area contributed by atoms with E-state index in [0.29, 0.717) is 0 Å². The van der Waals surface area contributed by atoms with E-state index in [1.54, 1.807) is 6.07 Å². The lowest BCUT2D eigenvalue weighted by molar-refractivity contribution is 0.0689. The summed E-state index contributed by atoms with van der Waals surface area (Å²) < 4.78 is 0. The Labute approximate surface area is 120 Å². The van der Waals surface area contributed by atoms with Crippen molar-refractivity contribution in [3.05, 3.63) is 29.6 Å². The van der Waals surface area contributed by atoms with E-state index in [9.17, 15) is 4.79 Å². The van der Waals surface area contributed by atoms with E-state index in [1.165, 1.54) is 18.9 Å². The summed E-state index contributed by atoms with van der Waals surface area (Å²) in [5.41, 5.74) is 0.973. The fourth-order valence-corrected chi connectivity index (χ4v) is 2.76. The minimum absolute atomic E-state index is 0.130. The smallest absolute Gasteiger partial charge is 0.354 e. The molecule has 0 atom stereocenters. The van der Waals surface area contributed by atoms with Crippen LogP contribution in [0.15, 0.2) is 18.2 Å². The first kappa shape index (κ1) is 14.9. The molecule has 0 saturated carbocycles. The molecule has 0 aromatic carbocycles. The molecule has 0 spiro atoms. The molecule has 1 aliphatic heterocycles. The van der Waals surface area contributed by atoms with Crippen LogP contribution < -0.4 is 0 Å². The summed E-state index contributed by atoms with van der Waals surface area (Å²) in [5.74, 6) is -0.184. The fourth-order valence-electron chi connectivity index (χ4n) is 2.76. The lowest BCUT2D eigenvalue weighted by Crippen LogP contribution is -2.36. The zero-order valence-corrected chi connectivity index (χ0v) is 12.2. The lowest BCUT2D eigenvalue weighted by Gasteiger charge is -2.32. The molecule has 1 N–H and O–H groups in total. The summed E-state index contributed by atoms with van der Waals surface area (Å²) >= 11 is 0. The second kappa shape index (κ2) is 6.81. The number of aromatic nitrogens is 1. The molecule has 1 aromatic heterocycles. The average molecular weight is 277 g/mol. The molecule has 0 unspecified atom stereocenters. The highest BCUT2D eigenvalue weighted by Gasteiger charge is 2.20. The number of likely N-dealkylation sites (tertiary alicyclic amines) is 1. The minimum Gasteiger partial charge on any atom is -0.477 e. The van der Waals surface area contributed by atoms with Gasteiger partial charge in [0.25, 0.3) is 0 Å². The van der Waals surface area contributed by atoms with Gasteiger partial charge in [0, 0.05) is 13.1 Å². The van der Waals surface area contributed by atoms with E-state index in [-0.39, 0.29) is 5.69 Å². The molecule has 1 fully saturated rings. The highest BCUT2D eigenvalue weighted by atomic mass is 16.4. The molecule has 0 bridgehead atoms. The van der Waals surface area contributed by atoms with Gasteiger partial charge >= 0.3 is 5.97 Å². The van der Waals surface area contributed by atoms with Gasteiger partial charge in [-0.3, -0.25) is 4.90 Å². The van der Waals surface area contributed by atoms with Crippen LogP contribution in [0.5, 0.6) is 0 Å². The third-order valence-corrected chi connectivity index (χ3v) is 3.74. The Morgan fingerprint density at radius 2 is 2.10 bits per heavy atom. The molecule has 2 heterocycles. The van der Waals surface area contributed by atoms with Gasteiger partial charge < -0.3 is 10.0 Å². The topological polar surface area (TPSA) is 56.7 Å². The predicted molar refractivity (Wildman–Crippen MR) is 77.8 cm³/mol. The summed E-state index contributed by atoms with van der Waals surface area (Å²) in [5, 5.41) is 8.95. The molecule has 1 saturated heterocycles. The van der Waals surface area contributed by atoms with Crippen LogP contribution in [0, 0.1) is 5.92 Å². The molecule has 0 aliphatic carbocycles. The number of nitrogens with zero attached hydrogens (tertiary/aromatic N) is 3. The predicted octanol–water partition coefficient (Wildman–Crippen LogP) is 1.55. The molecule has 2 rings (SSSR count). The standard InChI is InChI=1S/C15H23N3O2/c1-17(2)10-12-6-8-18(9-7-12)11-13-4-3-5-14(16-13)15(19)20/h3-5,12H,6-11H2,1-2H3,(H,19,20). The summed E-state index contributed by atoms with van der Waals surface area (Å²) in [6, 6.07) is 5.21. The van der Waals surface area contributed by atoms with Crippen molar-refractivity contribution in [2.45, 2.75) is 19.4 Å². The van der Waals surface area contributed by atoms with Crippen molar-refractivity contribution in [2.75, 3.05) is 33.7 Å². The van der Waals surface area contributed by atoms with Crippen molar-refractivity contribution in [1.29, 1.82) is 0 Å². The normalized spacial score (nSPS) is 17.6. The van der Waals surface area contributed by atoms with E-state index in [4.69, 9.17) is 5.11 Å². The van der Waals surface area contributed by atoms with Crippen LogP contribution in [0.2, 0.25) is 0 Å². The fraction of sp³-hybridized carbons (Fsp3) is 0.600. The third-order valence-electron chi connectivity index (χ3n) is 3.74. The zero-order valence-electron chi connectivity index (χ0n) is 12.2. The second-order valence-electron chi connectivity index (χ2n) is 5.80. The van der Waals surface area contributed by atoms with Gasteiger partial charge in [-0.05, 0) is 58.1 Å². The first-order valence-corrected chi connectivity index (χ1v) is 7.11. The number of aromatic carboxylic acids is 1. The third kappa shape index (κ3) is 4.28. The van der Waals surface area contributed by atoms with E-state index in [0.717, 1.165) is 37.8 Å². The van der Waals surface area contributed by atoms with Crippen molar-refractivity contribution in [3.63, 3.8) is 0 Å². The van der Waals surface area contributed by atoms with E-state index >= 15 is 0 Å². The zero-order chi connectivity index (χ0) is 14.5. The molecule has 1 aliphatic rings. The van der Waals surface area contributed by atoms with Crippen molar-refractivity contribution in [1.82, 2.24) is 14.8 Å². The first-order valence-electron chi connectivity index (χ1n) is 7.11. The maximum atomic E-state index is 10.9. The van der Waals surface area contributed by atoms with Crippen LogP contribution in [-0.4, -0.2) is 59.6 Å². The summed E-state index contributed by atoms with van der Waals surface area (Å²) in [6.07, 6.45) is 2.41.